The van der Waals surface area contributed by atoms with Crippen molar-refractivity contribution in [1.29, 1.82) is 0 Å². The number of anilines is 2. The van der Waals surface area contributed by atoms with Crippen LogP contribution < -0.4 is 15.6 Å². The van der Waals surface area contributed by atoms with Gasteiger partial charge in [-0.05, 0) is 44.0 Å². The van der Waals surface area contributed by atoms with E-state index in [2.05, 4.69) is 15.3 Å². The Kier molecular flexibility index (Phi) is 5.36. The molecule has 0 spiro atoms. The number of carbonyl (C=O) groups is 1. The second kappa shape index (κ2) is 8.09. The molecular formula is C22H21ClN4O2. The fraction of sp³-hybridized carbons (Fsp3) is 0.227. The number of carbonyl (C=O) groups excluding carboxylic acids is 1. The van der Waals surface area contributed by atoms with Gasteiger partial charge in [-0.3, -0.25) is 9.59 Å². The number of aryl methyl sites for hydroxylation is 1. The Morgan fingerprint density at radius 3 is 2.41 bits per heavy atom. The monoisotopic (exact) mass is 408 g/mol. The van der Waals surface area contributed by atoms with Gasteiger partial charge in [0.05, 0.1) is 22.1 Å². The summed E-state index contributed by atoms with van der Waals surface area (Å²) in [5, 5.41) is 7.67. The Morgan fingerprint density at radius 2 is 1.69 bits per heavy atom. The van der Waals surface area contributed by atoms with E-state index in [1.54, 1.807) is 19.1 Å². The van der Waals surface area contributed by atoms with Crippen molar-refractivity contribution in [3.05, 3.63) is 81.2 Å². The van der Waals surface area contributed by atoms with Crippen molar-refractivity contribution in [1.82, 2.24) is 9.78 Å². The Balaban J connectivity index is 1.69. The summed E-state index contributed by atoms with van der Waals surface area (Å²) >= 11 is 6.28. The molecule has 0 saturated carbocycles. The first-order valence-electron chi connectivity index (χ1n) is 9.56. The van der Waals surface area contributed by atoms with Gasteiger partial charge < -0.3 is 10.2 Å². The Bertz CT molecular complexity index is 1120. The number of nitrogens with zero attached hydrogens (tertiary/aromatic N) is 3. The Hall–Kier alpha value is -3.12. The second-order valence-electron chi connectivity index (χ2n) is 7.03. The van der Waals surface area contributed by atoms with Crippen molar-refractivity contribution in [2.75, 3.05) is 23.3 Å². The molecule has 0 aliphatic carbocycles. The van der Waals surface area contributed by atoms with Crippen LogP contribution in [0, 0.1) is 6.92 Å². The molecule has 0 unspecified atom stereocenters. The summed E-state index contributed by atoms with van der Waals surface area (Å²) in [5.74, 6) is -0.539. The fourth-order valence-corrected chi connectivity index (χ4v) is 3.78. The van der Waals surface area contributed by atoms with E-state index in [0.29, 0.717) is 22.1 Å². The number of halogens is 1. The molecule has 1 aliphatic heterocycles. The quantitative estimate of drug-likeness (QED) is 0.707. The Labute approximate surface area is 173 Å². The summed E-state index contributed by atoms with van der Waals surface area (Å²) in [4.78, 5) is 27.7. The van der Waals surface area contributed by atoms with Crippen LogP contribution in [0.3, 0.4) is 0 Å². The van der Waals surface area contributed by atoms with Gasteiger partial charge in [0.15, 0.2) is 5.69 Å². The molecule has 7 heteroatoms. The molecule has 3 aromatic rings. The predicted octanol–water partition coefficient (Wildman–Crippen LogP) is 4.05. The van der Waals surface area contributed by atoms with Crippen LogP contribution in [0.5, 0.6) is 0 Å². The average Bonchev–Trinajstić information content (AvgIpc) is 3.24. The lowest BCUT2D eigenvalue weighted by molar-refractivity contribution is 0.101. The first-order chi connectivity index (χ1) is 14.0. The minimum atomic E-state index is -0.539. The molecule has 0 radical (unpaired) electrons. The standard InChI is InChI=1S/C22H21ClN4O2/c1-15-14-20(28)21(25-27(15)18-10-4-2-8-16(18)23)22(29)24-17-9-3-5-11-19(17)26-12-6-7-13-26/h2-5,8-11,14H,6-7,12-13H2,1H3,(H,24,29). The van der Waals surface area contributed by atoms with Gasteiger partial charge in [-0.15, -0.1) is 0 Å². The highest BCUT2D eigenvalue weighted by molar-refractivity contribution is 6.32. The SMILES string of the molecule is Cc1cc(=O)c(C(=O)Nc2ccccc2N2CCCC2)nn1-c1ccccc1Cl. The number of rotatable bonds is 4. The van der Waals surface area contributed by atoms with E-state index in [4.69, 9.17) is 11.6 Å². The highest BCUT2D eigenvalue weighted by Crippen LogP contribution is 2.29. The first-order valence-corrected chi connectivity index (χ1v) is 9.93. The molecule has 1 aromatic heterocycles. The maximum absolute atomic E-state index is 12.9. The highest BCUT2D eigenvalue weighted by atomic mass is 35.5. The molecule has 6 nitrogen and oxygen atoms in total. The number of hydrogen-bond donors (Lipinski definition) is 1. The maximum atomic E-state index is 12.9. The second-order valence-corrected chi connectivity index (χ2v) is 7.43. The molecule has 29 heavy (non-hydrogen) atoms. The number of para-hydroxylation sites is 3. The van der Waals surface area contributed by atoms with Crippen molar-refractivity contribution < 1.29 is 4.79 Å². The third-order valence-corrected chi connectivity index (χ3v) is 5.32. The molecule has 1 fully saturated rings. The predicted molar refractivity (Wildman–Crippen MR) is 115 cm³/mol. The van der Waals surface area contributed by atoms with Gasteiger partial charge in [0.1, 0.15) is 0 Å². The number of aromatic nitrogens is 2. The summed E-state index contributed by atoms with van der Waals surface area (Å²) in [7, 11) is 0. The van der Waals surface area contributed by atoms with E-state index >= 15 is 0 Å². The largest absolute Gasteiger partial charge is 0.370 e. The van der Waals surface area contributed by atoms with E-state index in [9.17, 15) is 9.59 Å². The van der Waals surface area contributed by atoms with Crippen LogP contribution >= 0.6 is 11.6 Å². The molecule has 2 heterocycles. The van der Waals surface area contributed by atoms with Gasteiger partial charge in [-0.1, -0.05) is 35.9 Å². The lowest BCUT2D eigenvalue weighted by Gasteiger charge is -2.21. The molecule has 1 saturated heterocycles. The van der Waals surface area contributed by atoms with E-state index in [1.165, 1.54) is 10.7 Å². The molecular weight excluding hydrogens is 388 g/mol. The van der Waals surface area contributed by atoms with Crippen LogP contribution in [0.25, 0.3) is 5.69 Å². The van der Waals surface area contributed by atoms with E-state index in [0.717, 1.165) is 31.6 Å². The van der Waals surface area contributed by atoms with Crippen molar-refractivity contribution in [3.8, 4) is 5.69 Å². The molecule has 0 bridgehead atoms. The normalized spacial score (nSPS) is 13.5. The van der Waals surface area contributed by atoms with Crippen LogP contribution in [-0.2, 0) is 0 Å². The smallest absolute Gasteiger partial charge is 0.280 e. The molecule has 1 aliphatic rings. The van der Waals surface area contributed by atoms with Gasteiger partial charge in [0, 0.05) is 24.8 Å². The van der Waals surface area contributed by atoms with Crippen LogP contribution in [-0.4, -0.2) is 28.8 Å². The minimum Gasteiger partial charge on any atom is -0.370 e. The van der Waals surface area contributed by atoms with Gasteiger partial charge in [-0.25, -0.2) is 4.68 Å². The summed E-state index contributed by atoms with van der Waals surface area (Å²) in [5.41, 5.74) is 2.23. The van der Waals surface area contributed by atoms with Crippen molar-refractivity contribution in [3.63, 3.8) is 0 Å². The molecule has 1 amide bonds. The number of benzene rings is 2. The summed E-state index contributed by atoms with van der Waals surface area (Å²) in [6.07, 6.45) is 2.26. The minimum absolute atomic E-state index is 0.174. The average molecular weight is 409 g/mol. The van der Waals surface area contributed by atoms with Crippen molar-refractivity contribution >= 4 is 28.9 Å². The van der Waals surface area contributed by atoms with E-state index in [1.807, 2.05) is 36.4 Å². The third kappa shape index (κ3) is 3.89. The van der Waals surface area contributed by atoms with Gasteiger partial charge in [0.2, 0.25) is 5.43 Å². The van der Waals surface area contributed by atoms with Gasteiger partial charge >= 0.3 is 0 Å². The van der Waals surface area contributed by atoms with Crippen LogP contribution in [0.4, 0.5) is 11.4 Å². The molecule has 0 atom stereocenters. The highest BCUT2D eigenvalue weighted by Gasteiger charge is 2.20. The molecule has 2 aromatic carbocycles. The van der Waals surface area contributed by atoms with Crippen molar-refractivity contribution in [2.45, 2.75) is 19.8 Å². The summed E-state index contributed by atoms with van der Waals surface area (Å²) < 4.78 is 1.52. The first kappa shape index (κ1) is 19.2. The maximum Gasteiger partial charge on any atom is 0.280 e. The zero-order valence-electron chi connectivity index (χ0n) is 16.1. The zero-order chi connectivity index (χ0) is 20.4. The van der Waals surface area contributed by atoms with Crippen LogP contribution in [0.1, 0.15) is 29.0 Å². The van der Waals surface area contributed by atoms with E-state index in [-0.39, 0.29) is 5.69 Å². The molecule has 4 rings (SSSR count). The van der Waals surface area contributed by atoms with Crippen molar-refractivity contribution in [2.24, 2.45) is 0 Å². The number of amides is 1. The number of nitrogens with one attached hydrogen (secondary N) is 1. The topological polar surface area (TPSA) is 67.2 Å². The van der Waals surface area contributed by atoms with Gasteiger partial charge in [-0.2, -0.15) is 5.10 Å². The fourth-order valence-electron chi connectivity index (χ4n) is 3.57. The summed E-state index contributed by atoms with van der Waals surface area (Å²) in [6, 6.07) is 16.2. The molecule has 148 valence electrons. The van der Waals surface area contributed by atoms with Gasteiger partial charge in [0.25, 0.3) is 5.91 Å². The molecule has 1 N–H and O–H groups in total. The third-order valence-electron chi connectivity index (χ3n) is 5.00. The zero-order valence-corrected chi connectivity index (χ0v) is 16.8. The lowest BCUT2D eigenvalue weighted by atomic mass is 10.2. The summed E-state index contributed by atoms with van der Waals surface area (Å²) in [6.45, 7) is 3.66. The number of hydrogen-bond acceptors (Lipinski definition) is 4. The lowest BCUT2D eigenvalue weighted by Crippen LogP contribution is -2.28. The van der Waals surface area contributed by atoms with Crippen LogP contribution in [0.2, 0.25) is 5.02 Å². The van der Waals surface area contributed by atoms with E-state index < -0.39 is 11.3 Å². The Morgan fingerprint density at radius 1 is 1.03 bits per heavy atom. The van der Waals surface area contributed by atoms with Crippen LogP contribution in [0.15, 0.2) is 59.4 Å².